The number of halogens is 1. The van der Waals surface area contributed by atoms with Gasteiger partial charge >= 0.3 is 0 Å². The van der Waals surface area contributed by atoms with Gasteiger partial charge in [-0.25, -0.2) is 4.39 Å². The minimum Gasteiger partial charge on any atom is -0.340 e. The van der Waals surface area contributed by atoms with Crippen molar-refractivity contribution in [3.8, 4) is 11.4 Å². The molecule has 1 saturated heterocycles. The maximum atomic E-state index is 13.5. The van der Waals surface area contributed by atoms with Crippen LogP contribution in [0.4, 0.5) is 4.39 Å². The van der Waals surface area contributed by atoms with Crippen LogP contribution in [0, 0.1) is 5.82 Å². The van der Waals surface area contributed by atoms with Gasteiger partial charge < -0.3 is 14.0 Å². The number of aromatic nitrogens is 3. The van der Waals surface area contributed by atoms with Crippen LogP contribution in [0.1, 0.15) is 35.1 Å². The summed E-state index contributed by atoms with van der Waals surface area (Å²) in [6.45, 7) is 1.22. The molecule has 0 bridgehead atoms. The molecule has 2 aromatic heterocycles. The van der Waals surface area contributed by atoms with Gasteiger partial charge in [-0.15, -0.1) is 0 Å². The monoisotopic (exact) mass is 404 g/mol. The minimum absolute atomic E-state index is 0.00303. The molecule has 1 aliphatic heterocycles. The normalized spacial score (nSPS) is 16.9. The highest BCUT2D eigenvalue weighted by molar-refractivity contribution is 5.98. The van der Waals surface area contributed by atoms with Gasteiger partial charge in [-0.1, -0.05) is 35.5 Å². The number of benzene rings is 2. The number of amides is 1. The number of para-hydroxylation sites is 1. The van der Waals surface area contributed by atoms with E-state index < -0.39 is 0 Å². The Morgan fingerprint density at radius 2 is 2.03 bits per heavy atom. The Morgan fingerprint density at radius 3 is 2.87 bits per heavy atom. The van der Waals surface area contributed by atoms with Crippen molar-refractivity contribution >= 4 is 16.8 Å². The number of carbonyl (C=O) groups is 1. The Balaban J connectivity index is 1.37. The molecule has 0 spiro atoms. The van der Waals surface area contributed by atoms with E-state index in [1.165, 1.54) is 12.1 Å². The highest BCUT2D eigenvalue weighted by Crippen LogP contribution is 2.29. The second kappa shape index (κ2) is 7.40. The van der Waals surface area contributed by atoms with Crippen LogP contribution >= 0.6 is 0 Å². The Bertz CT molecular complexity index is 1230. The van der Waals surface area contributed by atoms with Crippen molar-refractivity contribution in [2.75, 3.05) is 13.1 Å². The lowest BCUT2D eigenvalue weighted by molar-refractivity contribution is 0.0686. The quantitative estimate of drug-likeness (QED) is 0.508. The number of hydrogen-bond donors (Lipinski definition) is 0. The van der Waals surface area contributed by atoms with E-state index in [9.17, 15) is 9.18 Å². The average molecular weight is 404 g/mol. The highest BCUT2D eigenvalue weighted by Gasteiger charge is 2.30. The molecule has 2 aromatic carbocycles. The van der Waals surface area contributed by atoms with Crippen molar-refractivity contribution in [3.05, 3.63) is 72.0 Å². The van der Waals surface area contributed by atoms with E-state index in [-0.39, 0.29) is 17.6 Å². The van der Waals surface area contributed by atoms with Gasteiger partial charge in [-0.3, -0.25) is 4.79 Å². The van der Waals surface area contributed by atoms with Crippen LogP contribution < -0.4 is 0 Å². The fraction of sp³-hybridized carbons (Fsp3) is 0.261. The lowest BCUT2D eigenvalue weighted by atomic mass is 9.97. The van der Waals surface area contributed by atoms with Gasteiger partial charge in [0.15, 0.2) is 0 Å². The third kappa shape index (κ3) is 3.26. The topological polar surface area (TPSA) is 64.2 Å². The number of carbonyl (C=O) groups excluding carboxylic acids is 1. The molecule has 0 N–H and O–H groups in total. The maximum Gasteiger partial charge on any atom is 0.270 e. The van der Waals surface area contributed by atoms with E-state index in [1.807, 2.05) is 46.8 Å². The van der Waals surface area contributed by atoms with Crippen LogP contribution in [0.2, 0.25) is 0 Å². The van der Waals surface area contributed by atoms with Gasteiger partial charge in [-0.2, -0.15) is 4.98 Å². The zero-order chi connectivity index (χ0) is 20.7. The molecule has 1 unspecified atom stereocenters. The number of likely N-dealkylation sites (tertiary alicyclic amines) is 1. The lowest BCUT2D eigenvalue weighted by Gasteiger charge is -2.31. The summed E-state index contributed by atoms with van der Waals surface area (Å²) in [5.41, 5.74) is 2.28. The van der Waals surface area contributed by atoms with Crippen molar-refractivity contribution < 1.29 is 13.7 Å². The number of piperidine rings is 1. The summed E-state index contributed by atoms with van der Waals surface area (Å²) in [7, 11) is 1.92. The Morgan fingerprint density at radius 1 is 1.17 bits per heavy atom. The zero-order valence-corrected chi connectivity index (χ0v) is 16.6. The first-order valence-electron chi connectivity index (χ1n) is 10.0. The van der Waals surface area contributed by atoms with Gasteiger partial charge in [0.25, 0.3) is 5.91 Å². The molecule has 30 heavy (non-hydrogen) atoms. The van der Waals surface area contributed by atoms with Crippen molar-refractivity contribution in [1.29, 1.82) is 0 Å². The third-order valence-corrected chi connectivity index (χ3v) is 5.75. The molecule has 0 radical (unpaired) electrons. The maximum absolute atomic E-state index is 13.5. The zero-order valence-electron chi connectivity index (χ0n) is 16.6. The first kappa shape index (κ1) is 18.5. The molecule has 4 aromatic rings. The number of hydrogen-bond acceptors (Lipinski definition) is 4. The smallest absolute Gasteiger partial charge is 0.270 e. The van der Waals surface area contributed by atoms with Crippen LogP contribution in [0.5, 0.6) is 0 Å². The van der Waals surface area contributed by atoms with Crippen LogP contribution in [0.25, 0.3) is 22.3 Å². The molecular weight excluding hydrogens is 383 g/mol. The van der Waals surface area contributed by atoms with E-state index in [1.54, 1.807) is 12.1 Å². The number of aryl methyl sites for hydroxylation is 1. The van der Waals surface area contributed by atoms with Crippen molar-refractivity contribution in [3.63, 3.8) is 0 Å². The van der Waals surface area contributed by atoms with Gasteiger partial charge in [0.2, 0.25) is 11.7 Å². The minimum atomic E-state index is -0.344. The first-order valence-corrected chi connectivity index (χ1v) is 10.0. The predicted molar refractivity (Wildman–Crippen MR) is 110 cm³/mol. The van der Waals surface area contributed by atoms with Crippen LogP contribution in [0.3, 0.4) is 0 Å². The van der Waals surface area contributed by atoms with Gasteiger partial charge in [0, 0.05) is 36.6 Å². The summed E-state index contributed by atoms with van der Waals surface area (Å²) >= 11 is 0. The molecule has 1 amide bonds. The van der Waals surface area contributed by atoms with E-state index in [2.05, 4.69) is 10.1 Å². The standard InChI is InChI=1S/C23H21FN4O2/c1-27-19-10-3-2-6-15(19)13-20(27)23(29)28-11-5-8-17(14-28)22-25-21(26-30-22)16-7-4-9-18(24)12-16/h2-4,6-7,9-10,12-13,17H,5,8,11,14H2,1H3. The van der Waals surface area contributed by atoms with E-state index in [0.717, 1.165) is 23.7 Å². The summed E-state index contributed by atoms with van der Waals surface area (Å²) in [5, 5.41) is 5.06. The summed E-state index contributed by atoms with van der Waals surface area (Å²) in [4.78, 5) is 19.6. The molecule has 152 valence electrons. The third-order valence-electron chi connectivity index (χ3n) is 5.75. The van der Waals surface area contributed by atoms with Gasteiger partial charge in [0.05, 0.1) is 5.92 Å². The Hall–Kier alpha value is -3.48. The molecule has 1 fully saturated rings. The van der Waals surface area contributed by atoms with Gasteiger partial charge in [-0.05, 0) is 37.1 Å². The predicted octanol–water partition coefficient (Wildman–Crippen LogP) is 4.39. The summed E-state index contributed by atoms with van der Waals surface area (Å²) in [6.07, 6.45) is 1.72. The molecule has 1 atom stereocenters. The summed E-state index contributed by atoms with van der Waals surface area (Å²) in [6, 6.07) is 16.0. The lowest BCUT2D eigenvalue weighted by Crippen LogP contribution is -2.39. The fourth-order valence-electron chi connectivity index (χ4n) is 4.17. The molecule has 7 heteroatoms. The Kier molecular flexibility index (Phi) is 4.58. The summed E-state index contributed by atoms with van der Waals surface area (Å²) in [5.74, 6) is 0.476. The molecule has 6 nitrogen and oxygen atoms in total. The average Bonchev–Trinajstić information content (AvgIpc) is 3.39. The van der Waals surface area contributed by atoms with Crippen LogP contribution in [0.15, 0.2) is 59.1 Å². The van der Waals surface area contributed by atoms with Crippen molar-refractivity contribution in [2.24, 2.45) is 7.05 Å². The number of rotatable bonds is 3. The van der Waals surface area contributed by atoms with Crippen molar-refractivity contribution in [2.45, 2.75) is 18.8 Å². The van der Waals surface area contributed by atoms with Crippen molar-refractivity contribution in [1.82, 2.24) is 19.6 Å². The molecular formula is C23H21FN4O2. The second-order valence-corrected chi connectivity index (χ2v) is 7.70. The van der Waals surface area contributed by atoms with Crippen LogP contribution in [-0.4, -0.2) is 38.6 Å². The molecule has 5 rings (SSSR count). The summed E-state index contributed by atoms with van der Waals surface area (Å²) < 4.78 is 20.9. The fourth-order valence-corrected chi connectivity index (χ4v) is 4.17. The first-order chi connectivity index (χ1) is 14.6. The molecule has 0 saturated carbocycles. The largest absolute Gasteiger partial charge is 0.340 e. The second-order valence-electron chi connectivity index (χ2n) is 7.70. The van der Waals surface area contributed by atoms with E-state index >= 15 is 0 Å². The molecule has 0 aliphatic carbocycles. The number of fused-ring (bicyclic) bond motifs is 1. The SMILES string of the molecule is Cn1c(C(=O)N2CCCC(c3nc(-c4cccc(F)c4)no3)C2)cc2ccccc21. The van der Waals surface area contributed by atoms with Crippen LogP contribution in [-0.2, 0) is 7.05 Å². The molecule has 1 aliphatic rings. The highest BCUT2D eigenvalue weighted by atomic mass is 19.1. The van der Waals surface area contributed by atoms with Gasteiger partial charge in [0.1, 0.15) is 11.5 Å². The number of nitrogens with zero attached hydrogens (tertiary/aromatic N) is 4. The van der Waals surface area contributed by atoms with E-state index in [4.69, 9.17) is 4.52 Å². The van der Waals surface area contributed by atoms with E-state index in [0.29, 0.717) is 36.1 Å². The molecule has 3 heterocycles. The Labute approximate surface area is 172 Å².